The molecule has 2 rings (SSSR count). The highest BCUT2D eigenvalue weighted by molar-refractivity contribution is 14.0. The van der Waals surface area contributed by atoms with E-state index in [4.69, 9.17) is 18.9 Å². The van der Waals surface area contributed by atoms with E-state index in [-0.39, 0.29) is 24.0 Å². The molecule has 0 aromatic heterocycles. The monoisotopic (exact) mass is 515 g/mol. The topological polar surface area (TPSA) is 73.3 Å². The van der Waals surface area contributed by atoms with Crippen molar-refractivity contribution in [2.75, 3.05) is 41.5 Å². The Morgan fingerprint density at radius 1 is 0.931 bits per heavy atom. The summed E-state index contributed by atoms with van der Waals surface area (Å²) in [5.41, 5.74) is 2.10. The van der Waals surface area contributed by atoms with Crippen LogP contribution in [-0.4, -0.2) is 47.5 Å². The van der Waals surface area contributed by atoms with Gasteiger partial charge in [0.15, 0.2) is 17.5 Å². The molecule has 0 atom stereocenters. The van der Waals surface area contributed by atoms with Crippen molar-refractivity contribution in [2.24, 2.45) is 4.99 Å². The van der Waals surface area contributed by atoms with Crippen molar-refractivity contribution in [3.05, 3.63) is 47.5 Å². The minimum absolute atomic E-state index is 0. The molecule has 7 nitrogen and oxygen atoms in total. The number of guanidine groups is 1. The molecular formula is C21H30IN3O4. The molecule has 0 radical (unpaired) electrons. The maximum Gasteiger partial charge on any atom is 0.203 e. The normalized spacial score (nSPS) is 10.6. The summed E-state index contributed by atoms with van der Waals surface area (Å²) in [4.78, 5) is 4.24. The van der Waals surface area contributed by atoms with Gasteiger partial charge in [-0.05, 0) is 36.2 Å². The molecule has 0 aliphatic rings. The van der Waals surface area contributed by atoms with E-state index >= 15 is 0 Å². The van der Waals surface area contributed by atoms with Gasteiger partial charge < -0.3 is 29.6 Å². The van der Waals surface area contributed by atoms with Gasteiger partial charge in [-0.2, -0.15) is 0 Å². The molecule has 2 N–H and O–H groups in total. The highest BCUT2D eigenvalue weighted by Crippen LogP contribution is 2.38. The van der Waals surface area contributed by atoms with Crippen LogP contribution in [0.4, 0.5) is 0 Å². The lowest BCUT2D eigenvalue weighted by atomic mass is 10.2. The predicted octanol–water partition coefficient (Wildman–Crippen LogP) is 3.38. The average Bonchev–Trinajstić information content (AvgIpc) is 2.73. The lowest BCUT2D eigenvalue weighted by Crippen LogP contribution is -2.38. The first kappa shape index (κ1) is 24.7. The molecule has 0 unspecified atom stereocenters. The molecule has 0 saturated heterocycles. The van der Waals surface area contributed by atoms with Gasteiger partial charge in [0, 0.05) is 13.6 Å². The summed E-state index contributed by atoms with van der Waals surface area (Å²) in [6.07, 6.45) is 0. The second-order valence-electron chi connectivity index (χ2n) is 6.00. The zero-order valence-corrected chi connectivity index (χ0v) is 19.9. The first-order valence-corrected chi connectivity index (χ1v) is 9.04. The maximum atomic E-state index is 5.79. The van der Waals surface area contributed by atoms with Crippen molar-refractivity contribution < 1.29 is 18.9 Å². The fourth-order valence-electron chi connectivity index (χ4n) is 2.69. The quantitative estimate of drug-likeness (QED) is 0.231. The predicted molar refractivity (Wildman–Crippen MR) is 126 cm³/mol. The zero-order chi connectivity index (χ0) is 20.4. The summed E-state index contributed by atoms with van der Waals surface area (Å²) < 4.78 is 21.9. The number of benzene rings is 2. The van der Waals surface area contributed by atoms with Crippen LogP contribution in [0.5, 0.6) is 23.0 Å². The Morgan fingerprint density at radius 3 is 2.14 bits per heavy atom. The number of para-hydroxylation sites is 1. The zero-order valence-electron chi connectivity index (χ0n) is 17.6. The summed E-state index contributed by atoms with van der Waals surface area (Å²) in [5.74, 6) is 3.39. The third-order valence-corrected chi connectivity index (χ3v) is 4.15. The molecule has 2 aromatic rings. The van der Waals surface area contributed by atoms with E-state index in [9.17, 15) is 0 Å². The molecule has 0 bridgehead atoms. The minimum Gasteiger partial charge on any atom is -0.493 e. The van der Waals surface area contributed by atoms with Crippen molar-refractivity contribution in [3.63, 3.8) is 0 Å². The van der Waals surface area contributed by atoms with E-state index in [1.165, 1.54) is 0 Å². The third kappa shape index (κ3) is 7.19. The number of hydrogen-bond acceptors (Lipinski definition) is 5. The molecule has 0 heterocycles. The third-order valence-electron chi connectivity index (χ3n) is 4.15. The summed E-state index contributed by atoms with van der Waals surface area (Å²) in [7, 11) is 6.52. The fraction of sp³-hybridized carbons (Fsp3) is 0.381. The van der Waals surface area contributed by atoms with Crippen LogP contribution in [0.3, 0.4) is 0 Å². The van der Waals surface area contributed by atoms with E-state index in [0.29, 0.717) is 42.9 Å². The van der Waals surface area contributed by atoms with Gasteiger partial charge in [-0.1, -0.05) is 18.2 Å². The van der Waals surface area contributed by atoms with Crippen molar-refractivity contribution in [3.8, 4) is 23.0 Å². The Hall–Kier alpha value is -2.36. The van der Waals surface area contributed by atoms with E-state index in [0.717, 1.165) is 16.9 Å². The van der Waals surface area contributed by atoms with Gasteiger partial charge in [0.1, 0.15) is 12.4 Å². The number of ether oxygens (including phenoxy) is 4. The van der Waals surface area contributed by atoms with Crippen LogP contribution in [0, 0.1) is 6.92 Å². The van der Waals surface area contributed by atoms with Gasteiger partial charge in [0.2, 0.25) is 5.75 Å². The number of aryl methyl sites for hydroxylation is 1. The summed E-state index contributed by atoms with van der Waals surface area (Å²) in [6.45, 7) is 3.74. The molecular weight excluding hydrogens is 485 g/mol. The van der Waals surface area contributed by atoms with Gasteiger partial charge in [-0.3, -0.25) is 4.99 Å². The number of halogens is 1. The Labute approximate surface area is 189 Å². The Morgan fingerprint density at radius 2 is 1.59 bits per heavy atom. The van der Waals surface area contributed by atoms with Gasteiger partial charge in [0.25, 0.3) is 0 Å². The van der Waals surface area contributed by atoms with Crippen LogP contribution in [0.25, 0.3) is 0 Å². The van der Waals surface area contributed by atoms with E-state index in [1.54, 1.807) is 28.4 Å². The van der Waals surface area contributed by atoms with Crippen LogP contribution < -0.4 is 29.6 Å². The van der Waals surface area contributed by atoms with E-state index < -0.39 is 0 Å². The van der Waals surface area contributed by atoms with Crippen molar-refractivity contribution >= 4 is 29.9 Å². The van der Waals surface area contributed by atoms with Crippen LogP contribution in [0.15, 0.2) is 41.4 Å². The summed E-state index contributed by atoms with van der Waals surface area (Å²) >= 11 is 0. The first-order chi connectivity index (χ1) is 13.6. The SMILES string of the molecule is CN=C(NCCOc1ccccc1C)NCc1cc(OC)c(OC)c(OC)c1.I. The van der Waals surface area contributed by atoms with Crippen LogP contribution in [-0.2, 0) is 6.54 Å². The number of methoxy groups -OCH3 is 3. The van der Waals surface area contributed by atoms with Gasteiger partial charge in [-0.25, -0.2) is 0 Å². The lowest BCUT2D eigenvalue weighted by Gasteiger charge is -2.16. The first-order valence-electron chi connectivity index (χ1n) is 9.04. The smallest absolute Gasteiger partial charge is 0.203 e. The van der Waals surface area contributed by atoms with E-state index in [1.807, 2.05) is 43.3 Å². The van der Waals surface area contributed by atoms with Crippen molar-refractivity contribution in [1.82, 2.24) is 10.6 Å². The molecule has 0 fully saturated rings. The number of nitrogens with one attached hydrogen (secondary N) is 2. The Balaban J connectivity index is 0.00000420. The lowest BCUT2D eigenvalue weighted by molar-refractivity contribution is 0.319. The van der Waals surface area contributed by atoms with Crippen LogP contribution in [0.1, 0.15) is 11.1 Å². The molecule has 0 saturated carbocycles. The number of rotatable bonds is 9. The van der Waals surface area contributed by atoms with Crippen molar-refractivity contribution in [1.29, 1.82) is 0 Å². The fourth-order valence-corrected chi connectivity index (χ4v) is 2.69. The average molecular weight is 515 g/mol. The van der Waals surface area contributed by atoms with Crippen LogP contribution >= 0.6 is 24.0 Å². The molecule has 0 amide bonds. The molecule has 160 valence electrons. The minimum atomic E-state index is 0. The van der Waals surface area contributed by atoms with Gasteiger partial charge in [0.05, 0.1) is 27.9 Å². The second-order valence-corrected chi connectivity index (χ2v) is 6.00. The van der Waals surface area contributed by atoms with Crippen LogP contribution in [0.2, 0.25) is 0 Å². The van der Waals surface area contributed by atoms with E-state index in [2.05, 4.69) is 15.6 Å². The largest absolute Gasteiger partial charge is 0.493 e. The molecule has 0 aliphatic heterocycles. The summed E-state index contributed by atoms with van der Waals surface area (Å²) in [5, 5.41) is 6.50. The molecule has 8 heteroatoms. The Kier molecular flexibility index (Phi) is 11.0. The molecule has 0 aliphatic carbocycles. The standard InChI is InChI=1S/C21H29N3O4.HI/c1-15-8-6-7-9-17(15)28-11-10-23-21(22-2)24-14-16-12-18(25-3)20(27-5)19(13-16)26-4;/h6-9,12-13H,10-11,14H2,1-5H3,(H2,22,23,24);1H. The van der Waals surface area contributed by atoms with Gasteiger partial charge >= 0.3 is 0 Å². The highest BCUT2D eigenvalue weighted by atomic mass is 127. The maximum absolute atomic E-state index is 5.79. The Bertz CT molecular complexity index is 774. The molecule has 2 aromatic carbocycles. The second kappa shape index (κ2) is 13.0. The molecule has 29 heavy (non-hydrogen) atoms. The number of hydrogen-bond donors (Lipinski definition) is 2. The van der Waals surface area contributed by atoms with Crippen molar-refractivity contribution in [2.45, 2.75) is 13.5 Å². The number of aliphatic imine (C=N–C) groups is 1. The van der Waals surface area contributed by atoms with Gasteiger partial charge in [-0.15, -0.1) is 24.0 Å². The summed E-state index contributed by atoms with van der Waals surface area (Å²) in [6, 6.07) is 11.8. The number of nitrogens with zero attached hydrogens (tertiary/aromatic N) is 1. The highest BCUT2D eigenvalue weighted by Gasteiger charge is 2.13. The molecule has 0 spiro atoms.